The van der Waals surface area contributed by atoms with Crippen molar-refractivity contribution in [3.8, 4) is 0 Å². The Bertz CT molecular complexity index is 731. The topological polar surface area (TPSA) is 72.3 Å². The number of carbonyl (C=O) groups excluding carboxylic acids is 1. The third-order valence-corrected chi connectivity index (χ3v) is 5.46. The van der Waals surface area contributed by atoms with Crippen LogP contribution < -0.4 is 10.2 Å². The predicted molar refractivity (Wildman–Crippen MR) is 107 cm³/mol. The molecule has 0 bridgehead atoms. The van der Waals surface area contributed by atoms with Crippen LogP contribution in [0.25, 0.3) is 0 Å². The summed E-state index contributed by atoms with van der Waals surface area (Å²) in [4.78, 5) is 14.5. The summed E-state index contributed by atoms with van der Waals surface area (Å²) in [6, 6.07) is 10.3. The lowest BCUT2D eigenvalue weighted by atomic mass is 10.2. The van der Waals surface area contributed by atoms with Crippen LogP contribution in [0.15, 0.2) is 35.5 Å². The molecule has 2 heterocycles. The van der Waals surface area contributed by atoms with Crippen molar-refractivity contribution in [1.82, 2.24) is 20.1 Å². The van der Waals surface area contributed by atoms with E-state index in [0.717, 1.165) is 30.6 Å². The second kappa shape index (κ2) is 9.75. The standard InChI is InChI=1S/C19H27N5O2S/c1-3-9-20-17(25)15(2)27-19-22-21-18(23-10-12-26-13-11-23)24(19)14-16-7-5-4-6-8-16/h4-8,15H,3,9-14H2,1-2H3,(H,20,25)/t15-/m1/s1. The van der Waals surface area contributed by atoms with E-state index in [4.69, 9.17) is 4.74 Å². The van der Waals surface area contributed by atoms with E-state index in [1.54, 1.807) is 0 Å². The highest BCUT2D eigenvalue weighted by atomic mass is 32.2. The minimum atomic E-state index is -0.229. The molecule has 1 N–H and O–H groups in total. The first-order chi connectivity index (χ1) is 13.2. The van der Waals surface area contributed by atoms with Crippen molar-refractivity contribution in [3.63, 3.8) is 0 Å². The number of ether oxygens (including phenoxy) is 1. The van der Waals surface area contributed by atoms with Crippen LogP contribution in [0.4, 0.5) is 5.95 Å². The molecule has 0 aliphatic carbocycles. The molecular weight excluding hydrogens is 362 g/mol. The maximum atomic E-state index is 12.3. The highest BCUT2D eigenvalue weighted by Crippen LogP contribution is 2.27. The van der Waals surface area contributed by atoms with E-state index in [0.29, 0.717) is 26.3 Å². The quantitative estimate of drug-likeness (QED) is 0.698. The van der Waals surface area contributed by atoms with Gasteiger partial charge in [-0.05, 0) is 18.9 Å². The molecule has 27 heavy (non-hydrogen) atoms. The van der Waals surface area contributed by atoms with Crippen molar-refractivity contribution < 1.29 is 9.53 Å². The Balaban J connectivity index is 1.81. The molecule has 1 saturated heterocycles. The lowest BCUT2D eigenvalue weighted by Gasteiger charge is -2.28. The monoisotopic (exact) mass is 389 g/mol. The molecule has 0 saturated carbocycles. The average molecular weight is 390 g/mol. The number of anilines is 1. The molecule has 3 rings (SSSR count). The first-order valence-corrected chi connectivity index (χ1v) is 10.3. The number of thioether (sulfide) groups is 1. The Hall–Kier alpha value is -2.06. The number of aromatic nitrogens is 3. The summed E-state index contributed by atoms with van der Waals surface area (Å²) in [6.45, 7) is 8.29. The second-order valence-corrected chi connectivity index (χ2v) is 7.81. The zero-order valence-corrected chi connectivity index (χ0v) is 16.7. The molecule has 7 nitrogen and oxygen atoms in total. The molecule has 0 unspecified atom stereocenters. The van der Waals surface area contributed by atoms with Crippen molar-refractivity contribution in [2.45, 2.75) is 37.2 Å². The van der Waals surface area contributed by atoms with Crippen LogP contribution in [0.3, 0.4) is 0 Å². The molecule has 146 valence electrons. The van der Waals surface area contributed by atoms with Crippen LogP contribution in [0, 0.1) is 0 Å². The van der Waals surface area contributed by atoms with E-state index in [1.165, 1.54) is 17.3 Å². The van der Waals surface area contributed by atoms with Crippen molar-refractivity contribution in [2.24, 2.45) is 0 Å². The molecule has 1 aromatic carbocycles. The molecule has 2 aromatic rings. The van der Waals surface area contributed by atoms with Gasteiger partial charge in [0, 0.05) is 19.6 Å². The fourth-order valence-corrected chi connectivity index (χ4v) is 3.74. The largest absolute Gasteiger partial charge is 0.378 e. The molecule has 1 fully saturated rings. The Kier molecular flexibility index (Phi) is 7.11. The summed E-state index contributed by atoms with van der Waals surface area (Å²) in [6.07, 6.45) is 0.925. The van der Waals surface area contributed by atoms with Gasteiger partial charge in [0.25, 0.3) is 0 Å². The number of morpholine rings is 1. The Labute approximate surface area is 164 Å². The summed E-state index contributed by atoms with van der Waals surface area (Å²) in [5, 5.41) is 12.3. The van der Waals surface area contributed by atoms with Gasteiger partial charge in [-0.25, -0.2) is 0 Å². The lowest BCUT2D eigenvalue weighted by Crippen LogP contribution is -2.38. The van der Waals surface area contributed by atoms with E-state index in [2.05, 4.69) is 37.1 Å². The Morgan fingerprint density at radius 3 is 2.70 bits per heavy atom. The van der Waals surface area contributed by atoms with Crippen molar-refractivity contribution in [2.75, 3.05) is 37.7 Å². The second-order valence-electron chi connectivity index (χ2n) is 6.50. The van der Waals surface area contributed by atoms with Gasteiger partial charge in [-0.3, -0.25) is 9.36 Å². The minimum absolute atomic E-state index is 0.0315. The van der Waals surface area contributed by atoms with Gasteiger partial charge < -0.3 is 15.0 Å². The fourth-order valence-electron chi connectivity index (χ4n) is 2.87. The van der Waals surface area contributed by atoms with E-state index < -0.39 is 0 Å². The third-order valence-electron chi connectivity index (χ3n) is 4.38. The van der Waals surface area contributed by atoms with E-state index in [-0.39, 0.29) is 11.2 Å². The zero-order valence-electron chi connectivity index (χ0n) is 15.9. The van der Waals surface area contributed by atoms with Gasteiger partial charge in [-0.1, -0.05) is 49.0 Å². The number of nitrogens with zero attached hydrogens (tertiary/aromatic N) is 4. The molecule has 1 aliphatic rings. The number of amides is 1. The molecule has 0 radical (unpaired) electrons. The normalized spacial score (nSPS) is 15.6. The van der Waals surface area contributed by atoms with Gasteiger partial charge in [0.15, 0.2) is 5.16 Å². The van der Waals surface area contributed by atoms with Crippen molar-refractivity contribution in [1.29, 1.82) is 0 Å². The first-order valence-electron chi connectivity index (χ1n) is 9.43. The lowest BCUT2D eigenvalue weighted by molar-refractivity contribution is -0.120. The number of hydrogen-bond acceptors (Lipinski definition) is 6. The van der Waals surface area contributed by atoms with Crippen LogP contribution >= 0.6 is 11.8 Å². The van der Waals surface area contributed by atoms with Gasteiger partial charge in [0.1, 0.15) is 0 Å². The molecule has 8 heteroatoms. The smallest absolute Gasteiger partial charge is 0.233 e. The van der Waals surface area contributed by atoms with Crippen LogP contribution in [0.5, 0.6) is 0 Å². The summed E-state index contributed by atoms with van der Waals surface area (Å²) in [7, 11) is 0. The van der Waals surface area contributed by atoms with Crippen molar-refractivity contribution >= 4 is 23.6 Å². The Morgan fingerprint density at radius 2 is 2.00 bits per heavy atom. The molecule has 1 amide bonds. The van der Waals surface area contributed by atoms with E-state index >= 15 is 0 Å². The Morgan fingerprint density at radius 1 is 1.26 bits per heavy atom. The summed E-state index contributed by atoms with van der Waals surface area (Å²) in [5.41, 5.74) is 1.18. The number of rotatable bonds is 8. The van der Waals surface area contributed by atoms with E-state index in [1.807, 2.05) is 32.0 Å². The summed E-state index contributed by atoms with van der Waals surface area (Å²) >= 11 is 1.45. The maximum Gasteiger partial charge on any atom is 0.233 e. The van der Waals surface area contributed by atoms with Gasteiger partial charge in [-0.2, -0.15) is 0 Å². The van der Waals surface area contributed by atoms with Crippen LogP contribution in [0.1, 0.15) is 25.8 Å². The molecule has 0 spiro atoms. The average Bonchev–Trinajstić information content (AvgIpc) is 3.09. The minimum Gasteiger partial charge on any atom is -0.378 e. The molecular formula is C19H27N5O2S. The highest BCUT2D eigenvalue weighted by Gasteiger charge is 2.23. The van der Waals surface area contributed by atoms with Gasteiger partial charge >= 0.3 is 0 Å². The summed E-state index contributed by atoms with van der Waals surface area (Å²) in [5.74, 6) is 0.870. The van der Waals surface area contributed by atoms with Gasteiger partial charge in [0.05, 0.1) is 25.0 Å². The predicted octanol–water partition coefficient (Wildman–Crippen LogP) is 2.17. The first kappa shape index (κ1) is 19.7. The number of benzene rings is 1. The number of nitrogens with one attached hydrogen (secondary N) is 1. The number of carbonyl (C=O) groups is 1. The van der Waals surface area contributed by atoms with Crippen LogP contribution in [-0.4, -0.2) is 58.8 Å². The van der Waals surface area contributed by atoms with Gasteiger partial charge in [-0.15, -0.1) is 10.2 Å². The van der Waals surface area contributed by atoms with Gasteiger partial charge in [0.2, 0.25) is 11.9 Å². The van der Waals surface area contributed by atoms with Crippen molar-refractivity contribution in [3.05, 3.63) is 35.9 Å². The zero-order chi connectivity index (χ0) is 19.1. The molecule has 1 aromatic heterocycles. The van der Waals surface area contributed by atoms with Crippen LogP contribution in [-0.2, 0) is 16.1 Å². The number of hydrogen-bond donors (Lipinski definition) is 1. The summed E-state index contributed by atoms with van der Waals surface area (Å²) < 4.78 is 7.57. The van der Waals surface area contributed by atoms with E-state index in [9.17, 15) is 4.79 Å². The molecule has 1 aliphatic heterocycles. The third kappa shape index (κ3) is 5.23. The molecule has 1 atom stereocenters. The highest BCUT2D eigenvalue weighted by molar-refractivity contribution is 8.00. The SMILES string of the molecule is CCCNC(=O)[C@@H](C)Sc1nnc(N2CCOCC2)n1Cc1ccccc1. The fraction of sp³-hybridized carbons (Fsp3) is 0.526. The van der Waals surface area contributed by atoms with Crippen LogP contribution in [0.2, 0.25) is 0 Å². The maximum absolute atomic E-state index is 12.3.